The maximum atomic E-state index is 12.2. The van der Waals surface area contributed by atoms with Gasteiger partial charge in [-0.2, -0.15) is 0 Å². The molecular formula is C16H17N3O. The molecule has 4 heteroatoms. The van der Waals surface area contributed by atoms with Gasteiger partial charge in [-0.15, -0.1) is 0 Å². The highest BCUT2D eigenvalue weighted by Crippen LogP contribution is 2.19. The summed E-state index contributed by atoms with van der Waals surface area (Å²) < 4.78 is 0. The van der Waals surface area contributed by atoms with E-state index in [4.69, 9.17) is 0 Å². The third kappa shape index (κ3) is 2.64. The average Bonchev–Trinajstić information content (AvgIpc) is 2.40. The molecule has 1 aliphatic heterocycles. The molecule has 20 heavy (non-hydrogen) atoms. The lowest BCUT2D eigenvalue weighted by Crippen LogP contribution is -2.41. The molecule has 0 saturated carbocycles. The number of likely N-dealkylation sites (tertiary alicyclic amines) is 1. The highest BCUT2D eigenvalue weighted by Gasteiger charge is 2.21. The molecule has 1 N–H and O–H groups in total. The fourth-order valence-corrected chi connectivity index (χ4v) is 2.12. The molecule has 4 nitrogen and oxygen atoms in total. The van der Waals surface area contributed by atoms with Crippen molar-refractivity contribution in [2.24, 2.45) is 0 Å². The number of aromatic nitrogens is 1. The van der Waals surface area contributed by atoms with Crippen LogP contribution in [-0.4, -0.2) is 28.9 Å². The van der Waals surface area contributed by atoms with Crippen molar-refractivity contribution in [3.8, 4) is 0 Å². The number of rotatable bonds is 3. The highest BCUT2D eigenvalue weighted by molar-refractivity contribution is 5.95. The van der Waals surface area contributed by atoms with Crippen LogP contribution in [0.4, 0.5) is 11.5 Å². The van der Waals surface area contributed by atoms with E-state index in [-0.39, 0.29) is 5.91 Å². The second-order valence-corrected chi connectivity index (χ2v) is 5.07. The monoisotopic (exact) mass is 267 g/mol. The summed E-state index contributed by atoms with van der Waals surface area (Å²) in [4.78, 5) is 18.3. The number of nitrogens with zero attached hydrogens (tertiary/aromatic N) is 2. The van der Waals surface area contributed by atoms with Crippen LogP contribution in [-0.2, 0) is 0 Å². The number of hydrogen-bond donors (Lipinski definition) is 1. The van der Waals surface area contributed by atoms with E-state index in [2.05, 4.69) is 10.3 Å². The molecule has 1 saturated heterocycles. The van der Waals surface area contributed by atoms with Gasteiger partial charge in [-0.05, 0) is 43.2 Å². The third-order valence-electron chi connectivity index (χ3n) is 3.44. The molecule has 3 rings (SSSR count). The summed E-state index contributed by atoms with van der Waals surface area (Å²) in [6, 6.07) is 11.5. The Bertz CT molecular complexity index is 618. The Hall–Kier alpha value is -2.36. The quantitative estimate of drug-likeness (QED) is 0.930. The number of pyridine rings is 1. The predicted octanol–water partition coefficient (Wildman–Crippen LogP) is 2.98. The molecular weight excluding hydrogens is 250 g/mol. The summed E-state index contributed by atoms with van der Waals surface area (Å²) in [6.07, 6.45) is 2.92. The van der Waals surface area contributed by atoms with E-state index < -0.39 is 0 Å². The SMILES string of the molecule is Cc1ccc(Nc2cccc(C(=O)N3CCC3)c2)nc1. The minimum Gasteiger partial charge on any atom is -0.340 e. The summed E-state index contributed by atoms with van der Waals surface area (Å²) in [5, 5.41) is 3.22. The average molecular weight is 267 g/mol. The molecule has 0 atom stereocenters. The number of benzene rings is 1. The summed E-state index contributed by atoms with van der Waals surface area (Å²) in [6.45, 7) is 3.75. The van der Waals surface area contributed by atoms with Crippen LogP contribution in [0.1, 0.15) is 22.3 Å². The third-order valence-corrected chi connectivity index (χ3v) is 3.44. The molecule has 1 aromatic heterocycles. The van der Waals surface area contributed by atoms with Crippen molar-refractivity contribution in [1.29, 1.82) is 0 Å². The molecule has 0 bridgehead atoms. The van der Waals surface area contributed by atoms with Crippen molar-refractivity contribution in [1.82, 2.24) is 9.88 Å². The van der Waals surface area contributed by atoms with E-state index in [1.165, 1.54) is 0 Å². The molecule has 1 aliphatic rings. The molecule has 0 unspecified atom stereocenters. The predicted molar refractivity (Wildman–Crippen MR) is 79.2 cm³/mol. The van der Waals surface area contributed by atoms with Crippen molar-refractivity contribution >= 4 is 17.4 Å². The number of hydrogen-bond acceptors (Lipinski definition) is 3. The first-order chi connectivity index (χ1) is 9.72. The Kier molecular flexibility index (Phi) is 3.37. The van der Waals surface area contributed by atoms with Gasteiger partial charge in [-0.3, -0.25) is 4.79 Å². The van der Waals surface area contributed by atoms with Gasteiger partial charge < -0.3 is 10.2 Å². The first-order valence-electron chi connectivity index (χ1n) is 6.81. The van der Waals surface area contributed by atoms with Gasteiger partial charge in [0.1, 0.15) is 5.82 Å². The van der Waals surface area contributed by atoms with Crippen LogP contribution < -0.4 is 5.32 Å². The zero-order valence-electron chi connectivity index (χ0n) is 11.5. The van der Waals surface area contributed by atoms with Gasteiger partial charge in [-0.25, -0.2) is 4.98 Å². The molecule has 0 radical (unpaired) electrons. The van der Waals surface area contributed by atoms with Gasteiger partial charge in [-0.1, -0.05) is 12.1 Å². The summed E-state index contributed by atoms with van der Waals surface area (Å²) in [5.74, 6) is 0.890. The molecule has 2 aromatic rings. The van der Waals surface area contributed by atoms with Crippen LogP contribution in [0.5, 0.6) is 0 Å². The van der Waals surface area contributed by atoms with Crippen LogP contribution >= 0.6 is 0 Å². The van der Waals surface area contributed by atoms with Crippen molar-refractivity contribution in [3.05, 3.63) is 53.7 Å². The molecule has 2 heterocycles. The molecule has 1 amide bonds. The number of aryl methyl sites for hydroxylation is 1. The summed E-state index contributed by atoms with van der Waals surface area (Å²) >= 11 is 0. The Morgan fingerprint density at radius 1 is 1.25 bits per heavy atom. The van der Waals surface area contributed by atoms with Gasteiger partial charge in [0.05, 0.1) is 0 Å². The topological polar surface area (TPSA) is 45.2 Å². The Morgan fingerprint density at radius 3 is 2.75 bits per heavy atom. The number of nitrogens with one attached hydrogen (secondary N) is 1. The Balaban J connectivity index is 1.76. The number of anilines is 2. The summed E-state index contributed by atoms with van der Waals surface area (Å²) in [7, 11) is 0. The van der Waals surface area contributed by atoms with Crippen LogP contribution in [0.2, 0.25) is 0 Å². The van der Waals surface area contributed by atoms with E-state index in [0.29, 0.717) is 0 Å². The fourth-order valence-electron chi connectivity index (χ4n) is 2.12. The molecule has 1 aromatic carbocycles. The zero-order chi connectivity index (χ0) is 13.9. The second kappa shape index (κ2) is 5.33. The number of carbonyl (C=O) groups excluding carboxylic acids is 1. The molecule has 102 valence electrons. The number of amides is 1. The lowest BCUT2D eigenvalue weighted by atomic mass is 10.1. The maximum Gasteiger partial charge on any atom is 0.253 e. The van der Waals surface area contributed by atoms with Gasteiger partial charge in [0, 0.05) is 30.5 Å². The standard InChI is InChI=1S/C16H17N3O/c1-12-6-7-15(17-11-12)18-14-5-2-4-13(10-14)16(20)19-8-3-9-19/h2,4-7,10-11H,3,8-9H2,1H3,(H,17,18). The zero-order valence-corrected chi connectivity index (χ0v) is 11.5. The fraction of sp³-hybridized carbons (Fsp3) is 0.250. The van der Waals surface area contributed by atoms with Crippen LogP contribution in [0.25, 0.3) is 0 Å². The first-order valence-corrected chi connectivity index (χ1v) is 6.81. The van der Waals surface area contributed by atoms with Gasteiger partial charge >= 0.3 is 0 Å². The van der Waals surface area contributed by atoms with Crippen molar-refractivity contribution in [3.63, 3.8) is 0 Å². The normalized spacial score (nSPS) is 13.8. The lowest BCUT2D eigenvalue weighted by molar-refractivity contribution is 0.0652. The Morgan fingerprint density at radius 2 is 2.10 bits per heavy atom. The Labute approximate surface area is 118 Å². The van der Waals surface area contributed by atoms with Crippen molar-refractivity contribution in [2.45, 2.75) is 13.3 Å². The van der Waals surface area contributed by atoms with Gasteiger partial charge in [0.15, 0.2) is 0 Å². The van der Waals surface area contributed by atoms with E-state index in [0.717, 1.165) is 42.1 Å². The largest absolute Gasteiger partial charge is 0.340 e. The molecule has 0 spiro atoms. The lowest BCUT2D eigenvalue weighted by Gasteiger charge is -2.31. The maximum absolute atomic E-state index is 12.2. The van der Waals surface area contributed by atoms with Gasteiger partial charge in [0.2, 0.25) is 0 Å². The smallest absolute Gasteiger partial charge is 0.253 e. The van der Waals surface area contributed by atoms with Gasteiger partial charge in [0.25, 0.3) is 5.91 Å². The highest BCUT2D eigenvalue weighted by atomic mass is 16.2. The summed E-state index contributed by atoms with van der Waals surface area (Å²) in [5.41, 5.74) is 2.73. The second-order valence-electron chi connectivity index (χ2n) is 5.07. The minimum atomic E-state index is 0.108. The van der Waals surface area contributed by atoms with E-state index >= 15 is 0 Å². The molecule has 1 fully saturated rings. The van der Waals surface area contributed by atoms with Crippen LogP contribution in [0, 0.1) is 6.92 Å². The minimum absolute atomic E-state index is 0.108. The van der Waals surface area contributed by atoms with Crippen LogP contribution in [0.15, 0.2) is 42.6 Å². The first kappa shape index (κ1) is 12.7. The number of carbonyl (C=O) groups is 1. The van der Waals surface area contributed by atoms with E-state index in [1.54, 1.807) is 0 Å². The van der Waals surface area contributed by atoms with Crippen LogP contribution in [0.3, 0.4) is 0 Å². The van der Waals surface area contributed by atoms with Crippen molar-refractivity contribution < 1.29 is 4.79 Å². The van der Waals surface area contributed by atoms with E-state index in [1.807, 2.05) is 54.4 Å². The van der Waals surface area contributed by atoms with Crippen molar-refractivity contribution in [2.75, 3.05) is 18.4 Å². The van der Waals surface area contributed by atoms with E-state index in [9.17, 15) is 4.79 Å². The molecule has 0 aliphatic carbocycles.